The van der Waals surface area contributed by atoms with Crippen molar-refractivity contribution < 1.29 is 0 Å². The molecule has 22 rings (SSSR count). The highest BCUT2D eigenvalue weighted by molar-refractivity contribution is 6.18. The number of nitrogens with zero attached hydrogens (tertiary/aromatic N) is 4. The molecule has 0 spiro atoms. The summed E-state index contributed by atoms with van der Waals surface area (Å²) in [4.78, 5) is 0. The van der Waals surface area contributed by atoms with Crippen LogP contribution < -0.4 is 0 Å². The zero-order valence-corrected chi connectivity index (χ0v) is 61.4. The standard InChI is InChI=1S/2C54H36N2/c1-3-15-37(16-4-1)40-20-12-23-44(34-40)55-50-28-9-7-25-47(50)49-36-42(31-32-52(49)55)39-19-11-22-43(33-39)46-27-14-30-53-54(46)48-26-8-10-29-51(48)56(53)45-24-13-21-41(35-45)38-17-5-2-6-18-38;1-3-14-37(15-4-1)41-18-11-20-44(34-41)55-50-25-9-7-22-47(50)49-36-43(32-33-52(49)55)39-28-30-40(31-29-39)46-24-13-27-53-54(46)48-23-8-10-26-51(48)56(53)45-21-12-19-42(35-45)38-16-5-2-6-17-38/h2*1-36H. The number of fused-ring (bicyclic) bond motifs is 12. The maximum atomic E-state index is 2.42. The van der Waals surface area contributed by atoms with Gasteiger partial charge in [0.05, 0.1) is 44.1 Å². The minimum Gasteiger partial charge on any atom is -0.309 e. The van der Waals surface area contributed by atoms with Gasteiger partial charge in [-0.25, -0.2) is 0 Å². The third kappa shape index (κ3) is 11.5. The van der Waals surface area contributed by atoms with Crippen LogP contribution in [0.2, 0.25) is 0 Å². The first-order valence-electron chi connectivity index (χ1n) is 38.5. The van der Waals surface area contributed by atoms with Crippen LogP contribution in [0, 0.1) is 0 Å². The summed E-state index contributed by atoms with van der Waals surface area (Å²) in [5.74, 6) is 0. The molecule has 524 valence electrons. The van der Waals surface area contributed by atoms with Crippen molar-refractivity contribution in [1.29, 1.82) is 0 Å². The van der Waals surface area contributed by atoms with E-state index >= 15 is 0 Å². The highest BCUT2D eigenvalue weighted by Gasteiger charge is 2.22. The highest BCUT2D eigenvalue weighted by atomic mass is 15.0. The van der Waals surface area contributed by atoms with Gasteiger partial charge in [-0.15, -0.1) is 0 Å². The van der Waals surface area contributed by atoms with Crippen molar-refractivity contribution in [1.82, 2.24) is 18.3 Å². The summed E-state index contributed by atoms with van der Waals surface area (Å²) in [5, 5.41) is 10.0. The molecule has 0 unspecified atom stereocenters. The Morgan fingerprint density at radius 1 is 0.116 bits per heavy atom. The van der Waals surface area contributed by atoms with Gasteiger partial charge in [0.25, 0.3) is 0 Å². The molecule has 112 heavy (non-hydrogen) atoms. The van der Waals surface area contributed by atoms with Gasteiger partial charge in [-0.1, -0.05) is 322 Å². The molecule has 4 aromatic heterocycles. The van der Waals surface area contributed by atoms with E-state index in [-0.39, 0.29) is 0 Å². The predicted octanol–water partition coefficient (Wildman–Crippen LogP) is 29.1. The molecular formula is C108H72N4. The Morgan fingerprint density at radius 2 is 0.348 bits per heavy atom. The summed E-state index contributed by atoms with van der Waals surface area (Å²) >= 11 is 0. The molecule has 0 bridgehead atoms. The summed E-state index contributed by atoms with van der Waals surface area (Å²) in [7, 11) is 0. The number of hydrogen-bond acceptors (Lipinski definition) is 0. The predicted molar refractivity (Wildman–Crippen MR) is 474 cm³/mol. The van der Waals surface area contributed by atoms with Gasteiger partial charge in [-0.05, 0) is 204 Å². The Balaban J connectivity index is 0.000000141. The van der Waals surface area contributed by atoms with Crippen molar-refractivity contribution >= 4 is 87.2 Å². The topological polar surface area (TPSA) is 19.7 Å². The summed E-state index contributed by atoms with van der Waals surface area (Å²) in [6.45, 7) is 0. The van der Waals surface area contributed by atoms with Gasteiger partial charge in [-0.3, -0.25) is 0 Å². The van der Waals surface area contributed by atoms with Crippen LogP contribution in [0.4, 0.5) is 0 Å². The van der Waals surface area contributed by atoms with E-state index in [1.54, 1.807) is 0 Å². The van der Waals surface area contributed by atoms with Crippen molar-refractivity contribution in [3.05, 3.63) is 437 Å². The zero-order chi connectivity index (χ0) is 74.0. The molecule has 0 saturated carbocycles. The maximum Gasteiger partial charge on any atom is 0.0547 e. The second-order valence-electron chi connectivity index (χ2n) is 29.1. The molecule has 4 heteroatoms. The van der Waals surface area contributed by atoms with Gasteiger partial charge in [0.15, 0.2) is 0 Å². The largest absolute Gasteiger partial charge is 0.309 e. The summed E-state index contributed by atoms with van der Waals surface area (Å²) in [5.41, 5.74) is 33.6. The van der Waals surface area contributed by atoms with Crippen molar-refractivity contribution in [2.24, 2.45) is 0 Å². The minimum atomic E-state index is 1.16. The van der Waals surface area contributed by atoms with Gasteiger partial charge in [0.1, 0.15) is 0 Å². The van der Waals surface area contributed by atoms with Crippen molar-refractivity contribution in [3.63, 3.8) is 0 Å². The molecule has 4 heterocycles. The number of hydrogen-bond donors (Lipinski definition) is 0. The highest BCUT2D eigenvalue weighted by Crippen LogP contribution is 2.45. The lowest BCUT2D eigenvalue weighted by Gasteiger charge is -2.12. The summed E-state index contributed by atoms with van der Waals surface area (Å²) < 4.78 is 9.64. The minimum absolute atomic E-state index is 1.16. The van der Waals surface area contributed by atoms with Gasteiger partial charge in [0.2, 0.25) is 0 Å². The average Bonchev–Trinajstić information content (AvgIpc) is 1.60. The first-order chi connectivity index (χ1) is 55.6. The van der Waals surface area contributed by atoms with E-state index in [0.717, 1.165) is 22.7 Å². The SMILES string of the molecule is c1ccc(-c2cccc(-n3c4ccccc4c4cc(-c5ccc(-c6cccc7c6c6ccccc6n7-c6cccc(-c7ccccc7)c6)cc5)ccc43)c2)cc1.c1ccc(-c2cccc(-n3c4ccccc4c4cc(-c5cccc(-c6cccc7c6c6ccccc6n7-c6cccc(-c7ccccc7)c6)c5)ccc43)c2)cc1. The van der Waals surface area contributed by atoms with E-state index in [1.807, 2.05) is 0 Å². The van der Waals surface area contributed by atoms with Crippen molar-refractivity contribution in [3.8, 4) is 112 Å². The lowest BCUT2D eigenvalue weighted by atomic mass is 9.95. The Bertz CT molecular complexity index is 7340. The van der Waals surface area contributed by atoms with E-state index in [9.17, 15) is 0 Å². The van der Waals surface area contributed by atoms with Crippen LogP contribution in [0.5, 0.6) is 0 Å². The Kier molecular flexibility index (Phi) is 16.2. The molecule has 18 aromatic carbocycles. The molecule has 0 amide bonds. The van der Waals surface area contributed by atoms with Crippen LogP contribution in [0.1, 0.15) is 0 Å². The van der Waals surface area contributed by atoms with E-state index < -0.39 is 0 Å². The monoisotopic (exact) mass is 1420 g/mol. The fourth-order valence-corrected chi connectivity index (χ4v) is 17.5. The maximum absolute atomic E-state index is 2.42. The van der Waals surface area contributed by atoms with E-state index in [4.69, 9.17) is 0 Å². The van der Waals surface area contributed by atoms with Crippen LogP contribution >= 0.6 is 0 Å². The van der Waals surface area contributed by atoms with E-state index in [1.165, 1.54) is 176 Å². The first kappa shape index (κ1) is 65.5. The van der Waals surface area contributed by atoms with Crippen LogP contribution in [0.15, 0.2) is 437 Å². The molecule has 0 aliphatic rings. The zero-order valence-electron chi connectivity index (χ0n) is 61.4. The van der Waals surface area contributed by atoms with Crippen LogP contribution in [0.3, 0.4) is 0 Å². The molecule has 22 aromatic rings. The molecule has 0 N–H and O–H groups in total. The number of para-hydroxylation sites is 4. The number of benzene rings is 18. The number of aromatic nitrogens is 4. The Labute approximate surface area is 649 Å². The quantitative estimate of drug-likeness (QED) is 0.116. The molecular weight excluding hydrogens is 1350 g/mol. The lowest BCUT2D eigenvalue weighted by molar-refractivity contribution is 1.18. The molecule has 0 saturated heterocycles. The van der Waals surface area contributed by atoms with Crippen molar-refractivity contribution in [2.45, 2.75) is 0 Å². The van der Waals surface area contributed by atoms with Gasteiger partial charge >= 0.3 is 0 Å². The molecule has 0 fully saturated rings. The van der Waals surface area contributed by atoms with Gasteiger partial charge in [0, 0.05) is 65.8 Å². The lowest BCUT2D eigenvalue weighted by Crippen LogP contribution is -1.94. The second kappa shape index (κ2) is 27.7. The molecule has 4 nitrogen and oxygen atoms in total. The third-order valence-electron chi connectivity index (χ3n) is 22.6. The third-order valence-corrected chi connectivity index (χ3v) is 22.6. The summed E-state index contributed by atoms with van der Waals surface area (Å²) in [6.07, 6.45) is 0. The van der Waals surface area contributed by atoms with Crippen LogP contribution in [-0.4, -0.2) is 18.3 Å². The normalized spacial score (nSPS) is 11.6. The molecule has 0 aliphatic carbocycles. The molecule has 0 atom stereocenters. The molecule has 0 aliphatic heterocycles. The van der Waals surface area contributed by atoms with Gasteiger partial charge in [-0.2, -0.15) is 0 Å². The van der Waals surface area contributed by atoms with Gasteiger partial charge < -0.3 is 18.3 Å². The van der Waals surface area contributed by atoms with E-state index in [2.05, 4.69) is 455 Å². The van der Waals surface area contributed by atoms with Crippen molar-refractivity contribution in [2.75, 3.05) is 0 Å². The van der Waals surface area contributed by atoms with Crippen LogP contribution in [-0.2, 0) is 0 Å². The smallest absolute Gasteiger partial charge is 0.0547 e. The summed E-state index contributed by atoms with van der Waals surface area (Å²) in [6, 6.07) is 159. The average molecular weight is 1430 g/mol. The fourth-order valence-electron chi connectivity index (χ4n) is 17.5. The number of rotatable bonds is 12. The Morgan fingerprint density at radius 3 is 0.741 bits per heavy atom. The van der Waals surface area contributed by atoms with E-state index in [0.29, 0.717) is 0 Å². The second-order valence-corrected chi connectivity index (χ2v) is 29.1. The fraction of sp³-hybridized carbons (Fsp3) is 0. The molecule has 0 radical (unpaired) electrons. The Hall–Kier alpha value is -14.8. The van der Waals surface area contributed by atoms with Crippen LogP contribution in [0.25, 0.3) is 199 Å². The first-order valence-corrected chi connectivity index (χ1v) is 38.5.